The lowest BCUT2D eigenvalue weighted by molar-refractivity contribution is -0.121. The van der Waals surface area contributed by atoms with E-state index in [0.717, 1.165) is 59.8 Å². The Morgan fingerprint density at radius 1 is 1.00 bits per heavy atom. The second kappa shape index (κ2) is 9.29. The Bertz CT molecular complexity index is 1250. The van der Waals surface area contributed by atoms with Crippen LogP contribution in [0.5, 0.6) is 5.75 Å². The molecule has 2 heterocycles. The lowest BCUT2D eigenvalue weighted by Crippen LogP contribution is -2.36. The fourth-order valence-corrected chi connectivity index (χ4v) is 5.04. The van der Waals surface area contributed by atoms with Gasteiger partial charge >= 0.3 is 0 Å². The summed E-state index contributed by atoms with van der Waals surface area (Å²) in [5.74, 6) is 0.765. The molecule has 33 heavy (non-hydrogen) atoms. The summed E-state index contributed by atoms with van der Waals surface area (Å²) in [6.07, 6.45) is 1.94. The second-order valence-electron chi connectivity index (χ2n) is 7.89. The number of carbonyl (C=O) groups excluding carboxylic acids is 1. The van der Waals surface area contributed by atoms with Crippen LogP contribution in [0.3, 0.4) is 0 Å². The molecule has 0 atom stereocenters. The van der Waals surface area contributed by atoms with Crippen molar-refractivity contribution in [2.75, 3.05) is 45.4 Å². The summed E-state index contributed by atoms with van der Waals surface area (Å²) in [6.45, 7) is 3.31. The molecule has 168 valence electrons. The van der Waals surface area contributed by atoms with E-state index in [1.165, 1.54) is 11.8 Å². The number of nitrogens with zero attached hydrogens (tertiary/aromatic N) is 3. The van der Waals surface area contributed by atoms with Crippen LogP contribution in [0, 0.1) is 0 Å². The van der Waals surface area contributed by atoms with Crippen LogP contribution in [0.1, 0.15) is 5.56 Å². The van der Waals surface area contributed by atoms with Crippen LogP contribution in [-0.4, -0.2) is 56.4 Å². The lowest BCUT2D eigenvalue weighted by Gasteiger charge is -2.28. The zero-order valence-electron chi connectivity index (χ0n) is 18.7. The van der Waals surface area contributed by atoms with E-state index in [-0.39, 0.29) is 5.91 Å². The van der Waals surface area contributed by atoms with Crippen LogP contribution < -0.4 is 9.64 Å². The zero-order valence-corrected chi connectivity index (χ0v) is 19.5. The van der Waals surface area contributed by atoms with Crippen LogP contribution in [0.25, 0.3) is 16.8 Å². The third-order valence-electron chi connectivity index (χ3n) is 5.88. The van der Waals surface area contributed by atoms with E-state index in [1.54, 1.807) is 19.1 Å². The Morgan fingerprint density at radius 2 is 1.73 bits per heavy atom. The van der Waals surface area contributed by atoms with Crippen molar-refractivity contribution in [2.24, 2.45) is 4.99 Å². The van der Waals surface area contributed by atoms with Crippen molar-refractivity contribution in [3.63, 3.8) is 0 Å². The molecule has 6 nitrogen and oxygen atoms in total. The molecule has 2 saturated heterocycles. The molecule has 1 amide bonds. The monoisotopic (exact) mass is 459 g/mol. The molecule has 3 aromatic rings. The Balaban J connectivity index is 1.41. The molecule has 0 unspecified atom stereocenters. The van der Waals surface area contributed by atoms with Crippen LogP contribution in [0.4, 0.5) is 11.4 Å². The van der Waals surface area contributed by atoms with Crippen LogP contribution >= 0.6 is 11.8 Å². The predicted molar refractivity (Wildman–Crippen MR) is 135 cm³/mol. The van der Waals surface area contributed by atoms with E-state index in [2.05, 4.69) is 17.0 Å². The molecule has 0 radical (unpaired) electrons. The molecular weight excluding hydrogens is 434 g/mol. The first-order chi connectivity index (χ1) is 16.1. The summed E-state index contributed by atoms with van der Waals surface area (Å²) in [5, 5.41) is 2.74. The van der Waals surface area contributed by atoms with Gasteiger partial charge in [0.25, 0.3) is 5.91 Å². The van der Waals surface area contributed by atoms with Gasteiger partial charge in [-0.3, -0.25) is 9.69 Å². The molecule has 3 aromatic carbocycles. The van der Waals surface area contributed by atoms with Gasteiger partial charge in [0.05, 0.1) is 30.9 Å². The van der Waals surface area contributed by atoms with Crippen molar-refractivity contribution in [1.29, 1.82) is 0 Å². The molecule has 7 heteroatoms. The average Bonchev–Trinajstić information content (AvgIpc) is 3.13. The number of likely N-dealkylation sites (N-methyl/N-ethyl adjacent to an activating group) is 1. The summed E-state index contributed by atoms with van der Waals surface area (Å²) < 4.78 is 10.9. The van der Waals surface area contributed by atoms with Crippen LogP contribution in [-0.2, 0) is 9.53 Å². The van der Waals surface area contributed by atoms with Crippen LogP contribution in [0.2, 0.25) is 0 Å². The summed E-state index contributed by atoms with van der Waals surface area (Å²) in [5.41, 5.74) is 2.97. The smallest absolute Gasteiger partial charge is 0.266 e. The minimum atomic E-state index is -0.0522. The Hall–Kier alpha value is -3.29. The fraction of sp³-hybridized carbons (Fsp3) is 0.231. The molecule has 0 bridgehead atoms. The van der Waals surface area contributed by atoms with Gasteiger partial charge in [-0.05, 0) is 59.1 Å². The standard InChI is InChI=1S/C26H25N3O3S/c1-28-25(30)24(17-18-7-12-23(31-2)22-6-4-3-5-21(18)22)33-26(28)27-19-8-10-20(11-9-19)29-13-15-32-16-14-29/h3-12,17H,13-16H2,1-2H3/b24-17-,27-26?. The number of fused-ring (bicyclic) bond motifs is 1. The Labute approximate surface area is 197 Å². The normalized spacial score (nSPS) is 19.2. The number of aliphatic imine (C=N–C) groups is 1. The molecule has 5 rings (SSSR count). The number of amidine groups is 1. The first-order valence-electron chi connectivity index (χ1n) is 10.9. The number of amides is 1. The number of carbonyl (C=O) groups is 1. The van der Waals surface area contributed by atoms with Gasteiger partial charge < -0.3 is 14.4 Å². The molecule has 0 spiro atoms. The highest BCUT2D eigenvalue weighted by Crippen LogP contribution is 2.36. The first kappa shape index (κ1) is 21.6. The van der Waals surface area contributed by atoms with Gasteiger partial charge in [0.2, 0.25) is 0 Å². The SMILES string of the molecule is COc1ccc(/C=C2\SC(=Nc3ccc(N4CCOCC4)cc3)N(C)C2=O)c2ccccc12. The first-order valence-corrected chi connectivity index (χ1v) is 11.7. The Kier molecular flexibility index (Phi) is 6.07. The molecular formula is C26H25N3O3S. The summed E-state index contributed by atoms with van der Waals surface area (Å²) >= 11 is 1.40. The summed E-state index contributed by atoms with van der Waals surface area (Å²) in [4.78, 5) is 22.2. The minimum absolute atomic E-state index is 0.0522. The van der Waals surface area contributed by atoms with Gasteiger partial charge in [-0.1, -0.05) is 30.3 Å². The second-order valence-corrected chi connectivity index (χ2v) is 8.90. The quantitative estimate of drug-likeness (QED) is 0.519. The number of ether oxygens (including phenoxy) is 2. The number of hydrogen-bond donors (Lipinski definition) is 0. The minimum Gasteiger partial charge on any atom is -0.496 e. The van der Waals surface area contributed by atoms with E-state index < -0.39 is 0 Å². The number of benzene rings is 3. The van der Waals surface area contributed by atoms with Crippen molar-refractivity contribution in [2.45, 2.75) is 0 Å². The number of morpholine rings is 1. The molecule has 0 aromatic heterocycles. The third kappa shape index (κ3) is 4.34. The number of thioether (sulfide) groups is 1. The number of hydrogen-bond acceptors (Lipinski definition) is 6. The van der Waals surface area contributed by atoms with Gasteiger partial charge in [0, 0.05) is 31.2 Å². The average molecular weight is 460 g/mol. The molecule has 0 N–H and O–H groups in total. The fourth-order valence-electron chi connectivity index (χ4n) is 4.06. The van der Waals surface area contributed by atoms with Crippen molar-refractivity contribution < 1.29 is 14.3 Å². The molecule has 0 aliphatic carbocycles. The van der Waals surface area contributed by atoms with E-state index >= 15 is 0 Å². The number of rotatable bonds is 4. The van der Waals surface area contributed by atoms with E-state index in [1.807, 2.05) is 54.6 Å². The maximum absolute atomic E-state index is 12.9. The molecule has 0 saturated carbocycles. The van der Waals surface area contributed by atoms with Crippen LogP contribution in [0.15, 0.2) is 70.6 Å². The lowest BCUT2D eigenvalue weighted by atomic mass is 10.0. The maximum atomic E-state index is 12.9. The Morgan fingerprint density at radius 3 is 2.45 bits per heavy atom. The van der Waals surface area contributed by atoms with Crippen molar-refractivity contribution in [1.82, 2.24) is 4.90 Å². The van der Waals surface area contributed by atoms with Gasteiger partial charge in [-0.25, -0.2) is 4.99 Å². The van der Waals surface area contributed by atoms with Gasteiger partial charge in [-0.15, -0.1) is 0 Å². The van der Waals surface area contributed by atoms with Gasteiger partial charge in [-0.2, -0.15) is 0 Å². The highest BCUT2D eigenvalue weighted by molar-refractivity contribution is 8.18. The van der Waals surface area contributed by atoms with Crippen molar-refractivity contribution in [3.05, 3.63) is 71.1 Å². The van der Waals surface area contributed by atoms with Crippen molar-refractivity contribution in [3.8, 4) is 5.75 Å². The van der Waals surface area contributed by atoms with Crippen molar-refractivity contribution >= 4 is 51.1 Å². The zero-order chi connectivity index (χ0) is 22.8. The molecule has 2 fully saturated rings. The van der Waals surface area contributed by atoms with Gasteiger partial charge in [0.15, 0.2) is 5.17 Å². The topological polar surface area (TPSA) is 54.4 Å². The third-order valence-corrected chi connectivity index (χ3v) is 6.94. The summed E-state index contributed by atoms with van der Waals surface area (Å²) in [7, 11) is 3.44. The summed E-state index contributed by atoms with van der Waals surface area (Å²) in [6, 6.07) is 20.1. The van der Waals surface area contributed by atoms with E-state index in [9.17, 15) is 4.79 Å². The van der Waals surface area contributed by atoms with Gasteiger partial charge in [0.1, 0.15) is 5.75 Å². The molecule has 2 aliphatic rings. The highest BCUT2D eigenvalue weighted by Gasteiger charge is 2.30. The highest BCUT2D eigenvalue weighted by atomic mass is 32.2. The maximum Gasteiger partial charge on any atom is 0.266 e. The largest absolute Gasteiger partial charge is 0.496 e. The van der Waals surface area contributed by atoms with E-state index in [0.29, 0.717) is 10.1 Å². The molecule has 2 aliphatic heterocycles. The van der Waals surface area contributed by atoms with E-state index in [4.69, 9.17) is 14.5 Å². The predicted octanol–water partition coefficient (Wildman–Crippen LogP) is 4.92. The number of anilines is 1. The number of methoxy groups -OCH3 is 1.